The molecule has 2 aromatic carbocycles. The first kappa shape index (κ1) is 16.7. The van der Waals surface area contributed by atoms with Gasteiger partial charge >= 0.3 is 0 Å². The van der Waals surface area contributed by atoms with Crippen molar-refractivity contribution in [3.8, 4) is 11.5 Å². The number of fused-ring (bicyclic) bond motifs is 4. The summed E-state index contributed by atoms with van der Waals surface area (Å²) in [7, 11) is 1.61. The number of carbonyl (C=O) groups is 1. The molecule has 2 heterocycles. The van der Waals surface area contributed by atoms with E-state index < -0.39 is 11.6 Å². The lowest BCUT2D eigenvalue weighted by atomic mass is 9.80. The second-order valence-electron chi connectivity index (χ2n) is 6.52. The Morgan fingerprint density at radius 1 is 1.27 bits per heavy atom. The summed E-state index contributed by atoms with van der Waals surface area (Å²) in [5.41, 5.74) is 0.630. The van der Waals surface area contributed by atoms with Gasteiger partial charge in [0.05, 0.1) is 13.2 Å². The van der Waals surface area contributed by atoms with Crippen LogP contribution >= 0.6 is 12.2 Å². The summed E-state index contributed by atoms with van der Waals surface area (Å²) in [6, 6.07) is 14.6. The SMILES string of the molecule is COc1ccc2c(c1)[C@H]1NC(=S)N[C@@](C)(O2)[C@H]1C(=O)Nc1ccccc1. The lowest BCUT2D eigenvalue weighted by Crippen LogP contribution is -2.70. The van der Waals surface area contributed by atoms with Gasteiger partial charge in [0.25, 0.3) is 0 Å². The van der Waals surface area contributed by atoms with Crippen LogP contribution in [0, 0.1) is 5.92 Å². The van der Waals surface area contributed by atoms with E-state index in [2.05, 4.69) is 16.0 Å². The largest absolute Gasteiger partial charge is 0.497 e. The van der Waals surface area contributed by atoms with Gasteiger partial charge in [-0.25, -0.2) is 0 Å². The molecule has 4 rings (SSSR count). The van der Waals surface area contributed by atoms with E-state index in [0.29, 0.717) is 16.6 Å². The maximum atomic E-state index is 13.1. The highest BCUT2D eigenvalue weighted by Gasteiger charge is 2.54. The van der Waals surface area contributed by atoms with Gasteiger partial charge in [-0.1, -0.05) is 18.2 Å². The van der Waals surface area contributed by atoms with Gasteiger partial charge in [-0.2, -0.15) is 0 Å². The number of nitrogens with one attached hydrogen (secondary N) is 3. The lowest BCUT2D eigenvalue weighted by Gasteiger charge is -2.50. The zero-order valence-electron chi connectivity index (χ0n) is 14.4. The number of thiocarbonyl (C=S) groups is 1. The van der Waals surface area contributed by atoms with Crippen LogP contribution in [0.25, 0.3) is 0 Å². The van der Waals surface area contributed by atoms with Crippen LogP contribution in [0.1, 0.15) is 18.5 Å². The highest BCUT2D eigenvalue weighted by molar-refractivity contribution is 7.80. The third kappa shape index (κ3) is 2.74. The molecule has 6 nitrogen and oxygen atoms in total. The van der Waals surface area contributed by atoms with Crippen LogP contribution in [0.15, 0.2) is 48.5 Å². The molecule has 1 amide bonds. The lowest BCUT2D eigenvalue weighted by molar-refractivity contribution is -0.132. The van der Waals surface area contributed by atoms with Crippen molar-refractivity contribution in [2.75, 3.05) is 12.4 Å². The van der Waals surface area contributed by atoms with Crippen molar-refractivity contribution in [3.05, 3.63) is 54.1 Å². The van der Waals surface area contributed by atoms with Gasteiger partial charge in [0.15, 0.2) is 10.8 Å². The average Bonchev–Trinajstić information content (AvgIpc) is 2.61. The number of benzene rings is 2. The predicted octanol–water partition coefficient (Wildman–Crippen LogP) is 2.58. The molecule has 0 spiro atoms. The second-order valence-corrected chi connectivity index (χ2v) is 6.93. The van der Waals surface area contributed by atoms with Crippen molar-refractivity contribution in [1.82, 2.24) is 10.6 Å². The second kappa shape index (κ2) is 6.17. The van der Waals surface area contributed by atoms with Gasteiger partial charge in [-0.05, 0) is 49.5 Å². The highest BCUT2D eigenvalue weighted by Crippen LogP contribution is 2.46. The number of carbonyl (C=O) groups excluding carboxylic acids is 1. The van der Waals surface area contributed by atoms with Crippen molar-refractivity contribution < 1.29 is 14.3 Å². The molecule has 0 aliphatic carbocycles. The number of hydrogen-bond acceptors (Lipinski definition) is 4. The molecule has 0 aromatic heterocycles. The summed E-state index contributed by atoms with van der Waals surface area (Å²) in [5, 5.41) is 9.76. The van der Waals surface area contributed by atoms with E-state index >= 15 is 0 Å². The molecule has 0 radical (unpaired) electrons. The summed E-state index contributed by atoms with van der Waals surface area (Å²) in [5.74, 6) is 0.711. The Hall–Kier alpha value is -2.80. The summed E-state index contributed by atoms with van der Waals surface area (Å²) in [6.07, 6.45) is 0. The zero-order valence-corrected chi connectivity index (χ0v) is 15.2. The molecular formula is C19H19N3O3S. The summed E-state index contributed by atoms with van der Waals surface area (Å²) in [6.45, 7) is 1.84. The third-order valence-electron chi connectivity index (χ3n) is 4.77. The molecule has 7 heteroatoms. The normalized spacial score (nSPS) is 25.8. The molecule has 0 saturated carbocycles. The Kier molecular flexibility index (Phi) is 3.96. The molecule has 1 fully saturated rings. The first-order valence-corrected chi connectivity index (χ1v) is 8.72. The van der Waals surface area contributed by atoms with Crippen LogP contribution in [0.3, 0.4) is 0 Å². The van der Waals surface area contributed by atoms with E-state index in [4.69, 9.17) is 21.7 Å². The quantitative estimate of drug-likeness (QED) is 0.723. The van der Waals surface area contributed by atoms with Crippen LogP contribution < -0.4 is 25.4 Å². The van der Waals surface area contributed by atoms with E-state index in [-0.39, 0.29) is 11.9 Å². The Morgan fingerprint density at radius 2 is 2.04 bits per heavy atom. The molecule has 2 aliphatic rings. The van der Waals surface area contributed by atoms with Crippen molar-refractivity contribution in [2.24, 2.45) is 5.92 Å². The van der Waals surface area contributed by atoms with Gasteiger partial charge in [-0.3, -0.25) is 4.79 Å². The van der Waals surface area contributed by atoms with Crippen LogP contribution in [0.5, 0.6) is 11.5 Å². The Labute approximate surface area is 156 Å². The van der Waals surface area contributed by atoms with Gasteiger partial charge in [0.2, 0.25) is 5.91 Å². The first-order valence-electron chi connectivity index (χ1n) is 8.32. The predicted molar refractivity (Wildman–Crippen MR) is 102 cm³/mol. The van der Waals surface area contributed by atoms with E-state index in [1.807, 2.05) is 55.5 Å². The fourth-order valence-corrected chi connectivity index (χ4v) is 3.92. The average molecular weight is 369 g/mol. The van der Waals surface area contributed by atoms with Crippen LogP contribution in [-0.4, -0.2) is 23.9 Å². The number of ether oxygens (including phenoxy) is 2. The molecule has 26 heavy (non-hydrogen) atoms. The fourth-order valence-electron chi connectivity index (χ4n) is 3.59. The maximum Gasteiger partial charge on any atom is 0.236 e. The highest BCUT2D eigenvalue weighted by atomic mass is 32.1. The summed E-state index contributed by atoms with van der Waals surface area (Å²) >= 11 is 5.33. The van der Waals surface area contributed by atoms with Gasteiger partial charge in [0, 0.05) is 11.3 Å². The number of rotatable bonds is 3. The fraction of sp³-hybridized carbons (Fsp3) is 0.263. The minimum absolute atomic E-state index is 0.153. The number of methoxy groups -OCH3 is 1. The molecule has 3 N–H and O–H groups in total. The summed E-state index contributed by atoms with van der Waals surface area (Å²) in [4.78, 5) is 13.1. The number of anilines is 1. The Morgan fingerprint density at radius 3 is 2.77 bits per heavy atom. The monoisotopic (exact) mass is 369 g/mol. The van der Waals surface area contributed by atoms with Crippen molar-refractivity contribution in [3.63, 3.8) is 0 Å². The van der Waals surface area contributed by atoms with Gasteiger partial charge < -0.3 is 25.4 Å². The number of hydrogen-bond donors (Lipinski definition) is 3. The van der Waals surface area contributed by atoms with Gasteiger partial charge in [0.1, 0.15) is 17.4 Å². The van der Waals surface area contributed by atoms with Crippen molar-refractivity contribution >= 4 is 28.9 Å². The smallest absolute Gasteiger partial charge is 0.236 e. The van der Waals surface area contributed by atoms with Crippen LogP contribution in [0.4, 0.5) is 5.69 Å². The summed E-state index contributed by atoms with van der Waals surface area (Å²) < 4.78 is 11.5. The molecule has 1 saturated heterocycles. The van der Waals surface area contributed by atoms with E-state index in [9.17, 15) is 4.79 Å². The minimum Gasteiger partial charge on any atom is -0.497 e. The molecular weight excluding hydrogens is 350 g/mol. The first-order chi connectivity index (χ1) is 12.5. The molecule has 134 valence electrons. The van der Waals surface area contributed by atoms with Crippen LogP contribution in [-0.2, 0) is 4.79 Å². The van der Waals surface area contributed by atoms with Crippen LogP contribution in [0.2, 0.25) is 0 Å². The topological polar surface area (TPSA) is 71.6 Å². The van der Waals surface area contributed by atoms with E-state index in [1.165, 1.54) is 0 Å². The van der Waals surface area contributed by atoms with E-state index in [1.54, 1.807) is 7.11 Å². The maximum absolute atomic E-state index is 13.1. The Balaban J connectivity index is 1.74. The number of amides is 1. The van der Waals surface area contributed by atoms with Crippen molar-refractivity contribution in [2.45, 2.75) is 18.7 Å². The van der Waals surface area contributed by atoms with E-state index in [0.717, 1.165) is 11.3 Å². The minimum atomic E-state index is -0.951. The Bertz CT molecular complexity index is 874. The number of para-hydroxylation sites is 1. The molecule has 3 atom stereocenters. The van der Waals surface area contributed by atoms with Crippen molar-refractivity contribution in [1.29, 1.82) is 0 Å². The molecule has 2 aromatic rings. The molecule has 2 aliphatic heterocycles. The van der Waals surface area contributed by atoms with Gasteiger partial charge in [-0.15, -0.1) is 0 Å². The molecule has 0 unspecified atom stereocenters. The standard InChI is InChI=1S/C19H19N3O3S/c1-19-15(17(23)20-11-6-4-3-5-7-11)16(21-18(26)22-19)13-10-12(24-2)8-9-14(13)25-19/h3-10,15-16H,1-2H3,(H,20,23)(H2,21,22,26)/t15-,16-,19+/m1/s1. The zero-order chi connectivity index (χ0) is 18.3. The third-order valence-corrected chi connectivity index (χ3v) is 4.99. The molecule has 2 bridgehead atoms.